The van der Waals surface area contributed by atoms with Crippen LogP contribution >= 0.6 is 0 Å². The molecule has 0 fully saturated rings. The first-order valence-corrected chi connectivity index (χ1v) is 7.19. The number of carbonyl (C=O) groups excluding carboxylic acids is 1. The number of benzene rings is 2. The second kappa shape index (κ2) is 6.87. The minimum Gasteiger partial charge on any atom is -0.497 e. The first-order chi connectivity index (χ1) is 11.7. The van der Waals surface area contributed by atoms with Crippen molar-refractivity contribution >= 4 is 11.6 Å². The van der Waals surface area contributed by atoms with Gasteiger partial charge in [0.25, 0.3) is 5.91 Å². The van der Waals surface area contributed by atoms with Gasteiger partial charge in [-0.05, 0) is 48.5 Å². The fraction of sp³-hybridized carbons (Fsp3) is 0.0556. The van der Waals surface area contributed by atoms with Crippen LogP contribution in [0.1, 0.15) is 10.4 Å². The van der Waals surface area contributed by atoms with Crippen molar-refractivity contribution in [3.63, 3.8) is 0 Å². The number of hydrogen-bond acceptors (Lipinski definition) is 4. The van der Waals surface area contributed by atoms with Gasteiger partial charge >= 0.3 is 0 Å². The summed E-state index contributed by atoms with van der Waals surface area (Å²) >= 11 is 0. The third kappa shape index (κ3) is 3.55. The van der Waals surface area contributed by atoms with Crippen molar-refractivity contribution in [2.24, 2.45) is 0 Å². The molecule has 0 unspecified atom stereocenters. The Bertz CT molecular complexity index is 832. The Morgan fingerprint density at radius 1 is 1.00 bits per heavy atom. The summed E-state index contributed by atoms with van der Waals surface area (Å²) in [5.74, 6) is 0.496. The van der Waals surface area contributed by atoms with Crippen LogP contribution in [0.2, 0.25) is 0 Å². The molecular formula is C18H14FN3O2. The van der Waals surface area contributed by atoms with Crippen LogP contribution in [-0.4, -0.2) is 23.0 Å². The average molecular weight is 323 g/mol. The predicted octanol–water partition coefficient (Wildman–Crippen LogP) is 3.54. The molecule has 1 N–H and O–H groups in total. The van der Waals surface area contributed by atoms with E-state index in [0.717, 1.165) is 0 Å². The molecule has 5 nitrogen and oxygen atoms in total. The highest BCUT2D eigenvalue weighted by Gasteiger charge is 2.09. The molecule has 1 heterocycles. The smallest absolute Gasteiger partial charge is 0.258 e. The lowest BCUT2D eigenvalue weighted by Gasteiger charge is -2.06. The van der Waals surface area contributed by atoms with E-state index in [1.165, 1.54) is 24.5 Å². The Morgan fingerprint density at radius 3 is 2.21 bits per heavy atom. The molecule has 2 aromatic carbocycles. The maximum absolute atomic E-state index is 12.9. The molecule has 6 heteroatoms. The molecule has 0 aliphatic carbocycles. The Hall–Kier alpha value is -3.28. The molecule has 0 atom stereocenters. The van der Waals surface area contributed by atoms with Crippen molar-refractivity contribution in [1.82, 2.24) is 9.97 Å². The summed E-state index contributed by atoms with van der Waals surface area (Å²) in [6, 6.07) is 12.8. The van der Waals surface area contributed by atoms with Crippen molar-refractivity contribution in [3.8, 4) is 17.1 Å². The lowest BCUT2D eigenvalue weighted by molar-refractivity contribution is 0.102. The minimum atomic E-state index is -0.325. The van der Waals surface area contributed by atoms with Gasteiger partial charge in [-0.15, -0.1) is 0 Å². The second-order valence-electron chi connectivity index (χ2n) is 4.98. The van der Waals surface area contributed by atoms with E-state index in [-0.39, 0.29) is 11.7 Å². The summed E-state index contributed by atoms with van der Waals surface area (Å²) in [7, 11) is 1.58. The Balaban J connectivity index is 1.72. The highest BCUT2D eigenvalue weighted by atomic mass is 19.1. The van der Waals surface area contributed by atoms with Crippen molar-refractivity contribution in [2.45, 2.75) is 0 Å². The SMILES string of the molecule is COc1ccc(NC(=O)c2cnc(-c3ccc(F)cc3)nc2)cc1. The quantitative estimate of drug-likeness (QED) is 0.797. The average Bonchev–Trinajstić information content (AvgIpc) is 2.63. The van der Waals surface area contributed by atoms with Crippen molar-refractivity contribution in [2.75, 3.05) is 12.4 Å². The molecular weight excluding hydrogens is 309 g/mol. The molecule has 3 rings (SSSR count). The van der Waals surface area contributed by atoms with Crippen molar-refractivity contribution < 1.29 is 13.9 Å². The molecule has 0 saturated carbocycles. The van der Waals surface area contributed by atoms with E-state index in [2.05, 4.69) is 15.3 Å². The van der Waals surface area contributed by atoms with E-state index >= 15 is 0 Å². The van der Waals surface area contributed by atoms with Crippen LogP contribution in [0.5, 0.6) is 5.75 Å². The first-order valence-electron chi connectivity index (χ1n) is 7.19. The van der Waals surface area contributed by atoms with Crippen LogP contribution in [0.4, 0.5) is 10.1 Å². The summed E-state index contributed by atoms with van der Waals surface area (Å²) in [6.07, 6.45) is 2.87. The highest BCUT2D eigenvalue weighted by molar-refractivity contribution is 6.03. The van der Waals surface area contributed by atoms with Crippen LogP contribution in [0, 0.1) is 5.82 Å². The molecule has 3 aromatic rings. The number of amides is 1. The van der Waals surface area contributed by atoms with Crippen LogP contribution in [0.3, 0.4) is 0 Å². The number of carbonyl (C=O) groups is 1. The molecule has 0 saturated heterocycles. The van der Waals surface area contributed by atoms with E-state index in [0.29, 0.717) is 28.4 Å². The van der Waals surface area contributed by atoms with Gasteiger partial charge in [-0.3, -0.25) is 4.79 Å². The number of aromatic nitrogens is 2. The number of methoxy groups -OCH3 is 1. The normalized spacial score (nSPS) is 10.2. The number of hydrogen-bond donors (Lipinski definition) is 1. The van der Waals surface area contributed by atoms with Crippen LogP contribution in [0.25, 0.3) is 11.4 Å². The van der Waals surface area contributed by atoms with E-state index in [4.69, 9.17) is 4.74 Å². The topological polar surface area (TPSA) is 64.1 Å². The zero-order valence-electron chi connectivity index (χ0n) is 12.9. The Morgan fingerprint density at radius 2 is 1.62 bits per heavy atom. The zero-order valence-corrected chi connectivity index (χ0v) is 12.9. The molecule has 0 bridgehead atoms. The maximum atomic E-state index is 12.9. The molecule has 24 heavy (non-hydrogen) atoms. The van der Waals surface area contributed by atoms with E-state index in [1.54, 1.807) is 43.5 Å². The summed E-state index contributed by atoms with van der Waals surface area (Å²) in [6.45, 7) is 0. The van der Waals surface area contributed by atoms with Crippen LogP contribution in [-0.2, 0) is 0 Å². The number of nitrogens with zero attached hydrogens (tertiary/aromatic N) is 2. The number of rotatable bonds is 4. The highest BCUT2D eigenvalue weighted by Crippen LogP contribution is 2.17. The molecule has 0 spiro atoms. The Labute approximate surface area is 138 Å². The third-order valence-electron chi connectivity index (χ3n) is 3.36. The summed E-state index contributed by atoms with van der Waals surface area (Å²) in [5, 5.41) is 2.75. The Kier molecular flexibility index (Phi) is 4.47. The summed E-state index contributed by atoms with van der Waals surface area (Å²) in [5.41, 5.74) is 1.65. The van der Waals surface area contributed by atoms with E-state index in [1.807, 2.05) is 0 Å². The third-order valence-corrected chi connectivity index (χ3v) is 3.36. The fourth-order valence-corrected chi connectivity index (χ4v) is 2.07. The summed E-state index contributed by atoms with van der Waals surface area (Å²) < 4.78 is 18.0. The standard InChI is InChI=1S/C18H14FN3O2/c1-24-16-8-6-15(7-9-16)22-18(23)13-10-20-17(21-11-13)12-2-4-14(19)5-3-12/h2-11H,1H3,(H,22,23). The molecule has 0 aliphatic rings. The van der Waals surface area contributed by atoms with Gasteiger partial charge in [-0.25, -0.2) is 14.4 Å². The van der Waals surface area contributed by atoms with E-state index in [9.17, 15) is 9.18 Å². The minimum absolute atomic E-state index is 0.314. The van der Waals surface area contributed by atoms with Crippen LogP contribution < -0.4 is 10.1 Å². The molecule has 1 amide bonds. The van der Waals surface area contributed by atoms with Gasteiger partial charge in [0.1, 0.15) is 11.6 Å². The van der Waals surface area contributed by atoms with Gasteiger partial charge in [0.05, 0.1) is 12.7 Å². The number of halogens is 1. The van der Waals surface area contributed by atoms with Crippen LogP contribution in [0.15, 0.2) is 60.9 Å². The van der Waals surface area contributed by atoms with Gasteiger partial charge in [0.15, 0.2) is 5.82 Å². The number of nitrogens with one attached hydrogen (secondary N) is 1. The predicted molar refractivity (Wildman–Crippen MR) is 88.4 cm³/mol. The van der Waals surface area contributed by atoms with Gasteiger partial charge < -0.3 is 10.1 Å². The molecule has 1 aromatic heterocycles. The lowest BCUT2D eigenvalue weighted by atomic mass is 10.2. The van der Waals surface area contributed by atoms with Crippen molar-refractivity contribution in [3.05, 3.63) is 72.3 Å². The number of ether oxygens (including phenoxy) is 1. The van der Waals surface area contributed by atoms with Gasteiger partial charge in [0.2, 0.25) is 0 Å². The number of anilines is 1. The summed E-state index contributed by atoms with van der Waals surface area (Å²) in [4.78, 5) is 20.5. The largest absolute Gasteiger partial charge is 0.497 e. The molecule has 120 valence electrons. The van der Waals surface area contributed by atoms with Gasteiger partial charge in [0, 0.05) is 23.6 Å². The molecule has 0 aliphatic heterocycles. The molecule has 0 radical (unpaired) electrons. The van der Waals surface area contributed by atoms with Crippen molar-refractivity contribution in [1.29, 1.82) is 0 Å². The lowest BCUT2D eigenvalue weighted by Crippen LogP contribution is -2.12. The van der Waals surface area contributed by atoms with Gasteiger partial charge in [-0.1, -0.05) is 0 Å². The second-order valence-corrected chi connectivity index (χ2v) is 4.98. The fourth-order valence-electron chi connectivity index (χ4n) is 2.07. The monoisotopic (exact) mass is 323 g/mol. The first kappa shape index (κ1) is 15.6. The van der Waals surface area contributed by atoms with Gasteiger partial charge in [-0.2, -0.15) is 0 Å². The zero-order chi connectivity index (χ0) is 16.9. The maximum Gasteiger partial charge on any atom is 0.258 e. The van der Waals surface area contributed by atoms with E-state index < -0.39 is 0 Å².